The van der Waals surface area contributed by atoms with Crippen LogP contribution in [0.25, 0.3) is 0 Å². The molecule has 8 nitrogen and oxygen atoms in total. The Labute approximate surface area is 162 Å². The number of ether oxygens (including phenoxy) is 2. The number of benzene rings is 2. The van der Waals surface area contributed by atoms with E-state index in [1.807, 2.05) is 31.2 Å². The van der Waals surface area contributed by atoms with Crippen LogP contribution in [0.2, 0.25) is 0 Å². The summed E-state index contributed by atoms with van der Waals surface area (Å²) in [6.45, 7) is 4.61. The van der Waals surface area contributed by atoms with Crippen LogP contribution in [0.3, 0.4) is 0 Å². The summed E-state index contributed by atoms with van der Waals surface area (Å²) in [5.41, 5.74) is 1.78. The van der Waals surface area contributed by atoms with Crippen molar-refractivity contribution in [2.24, 2.45) is 0 Å². The third-order valence-corrected chi connectivity index (χ3v) is 3.67. The average molecular weight is 379 g/mol. The van der Waals surface area contributed by atoms with Gasteiger partial charge in [-0.3, -0.25) is 0 Å². The van der Waals surface area contributed by atoms with E-state index in [2.05, 4.69) is 25.8 Å². The van der Waals surface area contributed by atoms with Crippen LogP contribution in [-0.2, 0) is 4.74 Å². The van der Waals surface area contributed by atoms with E-state index in [0.29, 0.717) is 30.3 Å². The number of rotatable bonds is 8. The lowest BCUT2D eigenvalue weighted by Crippen LogP contribution is -2.09. The highest BCUT2D eigenvalue weighted by molar-refractivity contribution is 5.96. The lowest BCUT2D eigenvalue weighted by atomic mass is 10.2. The van der Waals surface area contributed by atoms with Gasteiger partial charge in [0.1, 0.15) is 5.75 Å². The first kappa shape index (κ1) is 19.1. The minimum absolute atomic E-state index is 0.257. The smallest absolute Gasteiger partial charge is 0.340 e. The van der Waals surface area contributed by atoms with Gasteiger partial charge >= 0.3 is 5.97 Å². The van der Waals surface area contributed by atoms with Gasteiger partial charge in [0.2, 0.25) is 5.95 Å². The molecule has 1 heterocycles. The highest BCUT2D eigenvalue weighted by Gasteiger charge is 2.13. The molecule has 2 aromatic carbocycles. The fraction of sp³-hybridized carbons (Fsp3) is 0.200. The molecule has 8 heteroatoms. The molecular weight excluding hydrogens is 358 g/mol. The normalized spacial score (nSPS) is 10.2. The van der Waals surface area contributed by atoms with E-state index < -0.39 is 5.97 Å². The molecule has 1 aromatic heterocycles. The first-order chi connectivity index (χ1) is 13.7. The summed E-state index contributed by atoms with van der Waals surface area (Å²) < 4.78 is 10.5. The van der Waals surface area contributed by atoms with Crippen LogP contribution < -0.4 is 15.4 Å². The van der Waals surface area contributed by atoms with Crippen molar-refractivity contribution < 1.29 is 14.3 Å². The molecule has 0 bridgehead atoms. The second-order valence-electron chi connectivity index (χ2n) is 5.64. The molecule has 144 valence electrons. The van der Waals surface area contributed by atoms with Gasteiger partial charge in [-0.2, -0.15) is 10.1 Å². The third kappa shape index (κ3) is 4.94. The molecule has 2 N–H and O–H groups in total. The maximum Gasteiger partial charge on any atom is 0.340 e. The topological polar surface area (TPSA) is 98.3 Å². The van der Waals surface area contributed by atoms with E-state index in [4.69, 9.17) is 9.47 Å². The summed E-state index contributed by atoms with van der Waals surface area (Å²) in [7, 11) is 0. The van der Waals surface area contributed by atoms with Gasteiger partial charge in [0, 0.05) is 5.69 Å². The van der Waals surface area contributed by atoms with Crippen molar-refractivity contribution in [1.82, 2.24) is 15.2 Å². The van der Waals surface area contributed by atoms with Crippen molar-refractivity contribution in [2.45, 2.75) is 13.8 Å². The van der Waals surface area contributed by atoms with Crippen molar-refractivity contribution >= 4 is 29.1 Å². The van der Waals surface area contributed by atoms with Gasteiger partial charge in [-0.1, -0.05) is 12.1 Å². The number of carbonyl (C=O) groups is 1. The van der Waals surface area contributed by atoms with Crippen LogP contribution in [0.4, 0.5) is 23.1 Å². The standard InChI is InChI=1S/C20H21N5O3/c1-3-27-15-11-9-14(10-12-15)22-18-13-21-25-20(24-18)23-17-8-6-5-7-16(17)19(26)28-4-2/h5-13H,3-4H2,1-2H3,(H2,22,23,24,25). The van der Waals surface area contributed by atoms with Gasteiger partial charge in [-0.25, -0.2) is 4.79 Å². The van der Waals surface area contributed by atoms with Crippen molar-refractivity contribution in [3.8, 4) is 5.75 Å². The Morgan fingerprint density at radius 3 is 2.54 bits per heavy atom. The van der Waals surface area contributed by atoms with E-state index in [9.17, 15) is 4.79 Å². The summed E-state index contributed by atoms with van der Waals surface area (Å²) in [6.07, 6.45) is 1.51. The largest absolute Gasteiger partial charge is 0.494 e. The second-order valence-corrected chi connectivity index (χ2v) is 5.64. The first-order valence-electron chi connectivity index (χ1n) is 8.92. The highest BCUT2D eigenvalue weighted by atomic mass is 16.5. The first-order valence-corrected chi connectivity index (χ1v) is 8.92. The molecule has 0 saturated heterocycles. The molecule has 0 spiro atoms. The number of carbonyl (C=O) groups excluding carboxylic acids is 1. The third-order valence-electron chi connectivity index (χ3n) is 3.67. The van der Waals surface area contributed by atoms with Crippen LogP contribution in [0.5, 0.6) is 5.75 Å². The van der Waals surface area contributed by atoms with Crippen molar-refractivity contribution in [3.63, 3.8) is 0 Å². The van der Waals surface area contributed by atoms with E-state index in [1.165, 1.54) is 6.20 Å². The highest BCUT2D eigenvalue weighted by Crippen LogP contribution is 2.22. The molecule has 0 aliphatic rings. The summed E-state index contributed by atoms with van der Waals surface area (Å²) in [5.74, 6) is 1.15. The van der Waals surface area contributed by atoms with Gasteiger partial charge in [-0.05, 0) is 50.2 Å². The number of anilines is 4. The monoisotopic (exact) mass is 379 g/mol. The Bertz CT molecular complexity index is 931. The lowest BCUT2D eigenvalue weighted by Gasteiger charge is -2.11. The molecular formula is C20H21N5O3. The van der Waals surface area contributed by atoms with Crippen LogP contribution in [0.1, 0.15) is 24.2 Å². The number of nitrogens with zero attached hydrogens (tertiary/aromatic N) is 3. The zero-order valence-corrected chi connectivity index (χ0v) is 15.7. The number of hydrogen-bond acceptors (Lipinski definition) is 8. The van der Waals surface area contributed by atoms with Crippen LogP contribution in [-0.4, -0.2) is 34.4 Å². The van der Waals surface area contributed by atoms with Gasteiger partial charge in [0.25, 0.3) is 0 Å². The van der Waals surface area contributed by atoms with E-state index in [0.717, 1.165) is 11.4 Å². The van der Waals surface area contributed by atoms with Gasteiger partial charge in [0.05, 0.1) is 30.7 Å². The molecule has 28 heavy (non-hydrogen) atoms. The van der Waals surface area contributed by atoms with Gasteiger partial charge in [0.15, 0.2) is 5.82 Å². The zero-order chi connectivity index (χ0) is 19.8. The van der Waals surface area contributed by atoms with Crippen molar-refractivity contribution in [1.29, 1.82) is 0 Å². The molecule has 0 aliphatic carbocycles. The molecule has 0 aliphatic heterocycles. The molecule has 0 atom stereocenters. The SMILES string of the molecule is CCOC(=O)c1ccccc1Nc1nncc(Nc2ccc(OCC)cc2)n1. The maximum atomic E-state index is 12.1. The zero-order valence-electron chi connectivity index (χ0n) is 15.7. The van der Waals surface area contributed by atoms with Crippen LogP contribution in [0.15, 0.2) is 54.7 Å². The predicted octanol–water partition coefficient (Wildman–Crippen LogP) is 3.93. The van der Waals surface area contributed by atoms with E-state index >= 15 is 0 Å². The fourth-order valence-electron chi connectivity index (χ4n) is 2.47. The van der Waals surface area contributed by atoms with Crippen LogP contribution in [0, 0.1) is 0 Å². The Kier molecular flexibility index (Phi) is 6.35. The van der Waals surface area contributed by atoms with Gasteiger partial charge < -0.3 is 20.1 Å². The molecule has 0 radical (unpaired) electrons. The van der Waals surface area contributed by atoms with Crippen LogP contribution >= 0.6 is 0 Å². The van der Waals surface area contributed by atoms with Gasteiger partial charge in [-0.15, -0.1) is 5.10 Å². The fourth-order valence-corrected chi connectivity index (χ4v) is 2.47. The molecule has 0 amide bonds. The predicted molar refractivity (Wildman–Crippen MR) is 106 cm³/mol. The Balaban J connectivity index is 1.74. The minimum Gasteiger partial charge on any atom is -0.494 e. The number of aromatic nitrogens is 3. The minimum atomic E-state index is -0.415. The second kappa shape index (κ2) is 9.31. The molecule has 0 saturated carbocycles. The number of nitrogens with one attached hydrogen (secondary N) is 2. The Hall–Kier alpha value is -3.68. The number of hydrogen-bond donors (Lipinski definition) is 2. The molecule has 3 aromatic rings. The summed E-state index contributed by atoms with van der Waals surface area (Å²) in [4.78, 5) is 16.5. The average Bonchev–Trinajstić information content (AvgIpc) is 2.71. The molecule has 0 fully saturated rings. The summed E-state index contributed by atoms with van der Waals surface area (Å²) in [5, 5.41) is 14.1. The van der Waals surface area contributed by atoms with Crippen molar-refractivity contribution in [2.75, 3.05) is 23.8 Å². The summed E-state index contributed by atoms with van der Waals surface area (Å²) >= 11 is 0. The van der Waals surface area contributed by atoms with E-state index in [1.54, 1.807) is 31.2 Å². The Morgan fingerprint density at radius 2 is 1.79 bits per heavy atom. The van der Waals surface area contributed by atoms with E-state index in [-0.39, 0.29) is 5.95 Å². The number of para-hydroxylation sites is 1. The molecule has 3 rings (SSSR count). The lowest BCUT2D eigenvalue weighted by molar-refractivity contribution is 0.0527. The molecule has 0 unspecified atom stereocenters. The Morgan fingerprint density at radius 1 is 1.00 bits per heavy atom. The quantitative estimate of drug-likeness (QED) is 0.568. The number of esters is 1. The van der Waals surface area contributed by atoms with Crippen molar-refractivity contribution in [3.05, 3.63) is 60.3 Å². The maximum absolute atomic E-state index is 12.1. The summed E-state index contributed by atoms with van der Waals surface area (Å²) in [6, 6.07) is 14.5.